The number of anilines is 1. The van der Waals surface area contributed by atoms with Gasteiger partial charge in [0.05, 0.1) is 56.6 Å². The Bertz CT molecular complexity index is 3540. The summed E-state index contributed by atoms with van der Waals surface area (Å²) >= 11 is 0. The van der Waals surface area contributed by atoms with E-state index in [2.05, 4.69) is 52.7 Å². The Morgan fingerprint density at radius 1 is 0.986 bits per heavy atom. The first kappa shape index (κ1) is 45.8. The first-order chi connectivity index (χ1) is 33.4. The van der Waals surface area contributed by atoms with Crippen molar-refractivity contribution in [2.45, 2.75) is 101 Å². The van der Waals surface area contributed by atoms with E-state index in [9.17, 15) is 13.8 Å². The predicted molar refractivity (Wildman–Crippen MR) is 260 cm³/mol. The Hall–Kier alpha value is -6.60. The van der Waals surface area contributed by atoms with Gasteiger partial charge >= 0.3 is 11.4 Å². The molecule has 11 rings (SSSR count). The number of hydrogen-bond acceptors (Lipinski definition) is 10. The highest BCUT2D eigenvalue weighted by molar-refractivity contribution is 7.94. The summed E-state index contributed by atoms with van der Waals surface area (Å²) in [7, 11) is 0.101. The molecular weight excluding hydrogens is 919 g/mol. The molecule has 70 heavy (non-hydrogen) atoms. The first-order valence-corrected chi connectivity index (χ1v) is 25.4. The summed E-state index contributed by atoms with van der Waals surface area (Å²) in [5.41, 5.74) is 3.15. The van der Waals surface area contributed by atoms with Crippen LogP contribution in [0.3, 0.4) is 0 Å². The lowest BCUT2D eigenvalue weighted by atomic mass is 9.79. The third-order valence-electron chi connectivity index (χ3n) is 15.2. The van der Waals surface area contributed by atoms with E-state index in [1.807, 2.05) is 23.6 Å². The minimum atomic E-state index is -2.92. The normalized spacial score (nSPS) is 22.8. The molecule has 4 aliphatic rings. The van der Waals surface area contributed by atoms with Gasteiger partial charge in [-0.2, -0.15) is 5.10 Å². The Labute approximate surface area is 402 Å². The molecule has 1 amide bonds. The number of aryl methyl sites for hydroxylation is 2. The Morgan fingerprint density at radius 2 is 1.71 bits per heavy atom. The standard InChI is InChI=1S/C51H56F2N10O6S/c1-27-19-34(20-28(2)42(27)52)63-45(61-18-17-60(49(61)66)38-13-14-40(44(54-7)43(38)53)70(67,55-8)35-10-11-35)41-30(4)59(16-15-36(41)57-63)46(64)39-22-32-21-31(33-24-50(5,6)26-68-25-33)9-12-37(32)62(39)51(23-29(51)3)47-56-48(65)69-58-47/h9,12-14,17-22,29-30,33,35,54H,10-11,15-16,23-26H2,1-8H3,(H,56,58,65)/t29-,30-,33+,51-,70-/m0/s1. The molecule has 4 aromatic heterocycles. The second kappa shape index (κ2) is 16.2. The number of aromatic amines is 1. The van der Waals surface area contributed by atoms with Crippen molar-refractivity contribution in [3.8, 4) is 17.2 Å². The number of nitrogens with one attached hydrogen (secondary N) is 2. The van der Waals surface area contributed by atoms with Crippen LogP contribution in [0.2, 0.25) is 0 Å². The lowest BCUT2D eigenvalue weighted by Crippen LogP contribution is -2.41. The average molecular weight is 975 g/mol. The first-order valence-electron chi connectivity index (χ1n) is 23.9. The van der Waals surface area contributed by atoms with E-state index in [-0.39, 0.29) is 57.0 Å². The molecule has 0 bridgehead atoms. The molecule has 7 aromatic rings. The van der Waals surface area contributed by atoms with Crippen LogP contribution in [0.4, 0.5) is 14.5 Å². The largest absolute Gasteiger partial charge is 0.438 e. The zero-order valence-electron chi connectivity index (χ0n) is 40.4. The zero-order chi connectivity index (χ0) is 49.3. The number of hydrogen-bond donors (Lipinski definition) is 2. The fraction of sp³-hybridized carbons (Fsp3) is 0.431. The van der Waals surface area contributed by atoms with Crippen LogP contribution < -0.4 is 16.8 Å². The van der Waals surface area contributed by atoms with Crippen LogP contribution in [0.5, 0.6) is 0 Å². The molecule has 2 aliphatic heterocycles. The van der Waals surface area contributed by atoms with E-state index in [0.29, 0.717) is 71.5 Å². The summed E-state index contributed by atoms with van der Waals surface area (Å²) in [5, 5.41) is 12.8. The maximum Gasteiger partial charge on any atom is 0.438 e. The van der Waals surface area contributed by atoms with Gasteiger partial charge in [0, 0.05) is 67.1 Å². The van der Waals surface area contributed by atoms with Crippen molar-refractivity contribution in [1.29, 1.82) is 0 Å². The second-order valence-electron chi connectivity index (χ2n) is 20.4. The quantitative estimate of drug-likeness (QED) is 0.137. The lowest BCUT2D eigenvalue weighted by molar-refractivity contribution is -0.00187. The molecular formula is C51H56F2N10O6S. The van der Waals surface area contributed by atoms with Crippen LogP contribution in [0.15, 0.2) is 84.3 Å². The summed E-state index contributed by atoms with van der Waals surface area (Å²) in [5.74, 6) is -1.34. The number of fused-ring (bicyclic) bond motifs is 2. The predicted octanol–water partition coefficient (Wildman–Crippen LogP) is 8.07. The van der Waals surface area contributed by atoms with E-state index < -0.39 is 38.6 Å². The number of benzene rings is 3. The molecule has 2 saturated carbocycles. The van der Waals surface area contributed by atoms with Crippen LogP contribution in [0.25, 0.3) is 28.1 Å². The van der Waals surface area contributed by atoms with Crippen molar-refractivity contribution in [2.24, 2.45) is 15.7 Å². The van der Waals surface area contributed by atoms with Crippen LogP contribution in [-0.2, 0) is 26.4 Å². The molecule has 1 saturated heterocycles. The fourth-order valence-electron chi connectivity index (χ4n) is 11.4. The van der Waals surface area contributed by atoms with E-state index in [4.69, 9.17) is 14.4 Å². The summed E-state index contributed by atoms with van der Waals surface area (Å²) in [6.07, 6.45) is 6.27. The fourth-order valence-corrected chi connectivity index (χ4v) is 13.8. The van der Waals surface area contributed by atoms with Gasteiger partial charge in [-0.15, -0.1) is 0 Å². The highest BCUT2D eigenvalue weighted by Crippen LogP contribution is 2.56. The van der Waals surface area contributed by atoms with Crippen molar-refractivity contribution in [1.82, 2.24) is 38.5 Å². The van der Waals surface area contributed by atoms with Crippen molar-refractivity contribution < 1.29 is 27.0 Å². The molecule has 16 nitrogen and oxygen atoms in total. The van der Waals surface area contributed by atoms with E-state index in [0.717, 1.165) is 35.7 Å². The SMILES string of the molecule is CN=[S@@](=O)(c1ccc(-n2ccn(-c3c4c(nn3-c3cc(C)c(F)c(C)c3)CCN(C(=O)c3cc5cc([C@H]6COCC(C)(C)C6)ccc5n3[C@@]3(c5noc(=O)[nH]5)C[C@@H]3C)[C@H]4C)c2=O)c(F)c1NC)C1CC1. The lowest BCUT2D eigenvalue weighted by Gasteiger charge is -2.35. The van der Waals surface area contributed by atoms with Gasteiger partial charge in [0.1, 0.15) is 22.9 Å². The van der Waals surface area contributed by atoms with Gasteiger partial charge in [0.15, 0.2) is 11.6 Å². The van der Waals surface area contributed by atoms with Gasteiger partial charge in [0.2, 0.25) is 0 Å². The summed E-state index contributed by atoms with van der Waals surface area (Å²) < 4.78 is 67.6. The van der Waals surface area contributed by atoms with Gasteiger partial charge in [-0.25, -0.2) is 31.6 Å². The number of nitrogens with zero attached hydrogens (tertiary/aromatic N) is 8. The number of rotatable bonds is 10. The Morgan fingerprint density at radius 3 is 2.36 bits per heavy atom. The molecule has 2 N–H and O–H groups in total. The molecule has 366 valence electrons. The van der Waals surface area contributed by atoms with E-state index >= 15 is 13.6 Å². The van der Waals surface area contributed by atoms with Crippen LogP contribution >= 0.6 is 0 Å². The molecule has 3 fully saturated rings. The number of imidazole rings is 1. The van der Waals surface area contributed by atoms with Crippen molar-refractivity contribution in [2.75, 3.05) is 39.2 Å². The maximum atomic E-state index is 16.8. The molecule has 0 unspecified atom stereocenters. The van der Waals surface area contributed by atoms with Crippen LogP contribution in [0, 0.1) is 36.8 Å². The molecule has 5 atom stereocenters. The van der Waals surface area contributed by atoms with E-state index in [1.54, 1.807) is 48.7 Å². The van der Waals surface area contributed by atoms with Crippen LogP contribution in [-0.4, -0.2) is 87.7 Å². The summed E-state index contributed by atoms with van der Waals surface area (Å²) in [6.45, 7) is 13.2. The molecule has 6 heterocycles. The highest BCUT2D eigenvalue weighted by Gasteiger charge is 2.59. The van der Waals surface area contributed by atoms with Gasteiger partial charge in [0.25, 0.3) is 5.91 Å². The zero-order valence-corrected chi connectivity index (χ0v) is 41.2. The monoisotopic (exact) mass is 974 g/mol. The minimum Gasteiger partial charge on any atom is -0.385 e. The summed E-state index contributed by atoms with van der Waals surface area (Å²) in [4.78, 5) is 47.8. The molecule has 3 aromatic carbocycles. The summed E-state index contributed by atoms with van der Waals surface area (Å²) in [6, 6.07) is 13.8. The molecule has 19 heteroatoms. The number of ether oxygens (including phenoxy) is 1. The molecule has 0 radical (unpaired) electrons. The number of carbonyl (C=O) groups excluding carboxylic acids is 1. The van der Waals surface area contributed by atoms with Crippen LogP contribution in [0.1, 0.15) is 110 Å². The second-order valence-corrected chi connectivity index (χ2v) is 23.1. The van der Waals surface area contributed by atoms with Crippen molar-refractivity contribution >= 4 is 32.2 Å². The number of amides is 1. The number of carbonyl (C=O) groups is 1. The topological polar surface area (TPSA) is 180 Å². The number of halogens is 2. The average Bonchev–Trinajstić information content (AvgIpc) is 4.07. The van der Waals surface area contributed by atoms with Crippen molar-refractivity contribution in [3.63, 3.8) is 0 Å². The van der Waals surface area contributed by atoms with Gasteiger partial charge in [-0.3, -0.25) is 23.4 Å². The third kappa shape index (κ3) is 6.96. The maximum absolute atomic E-state index is 16.8. The number of aromatic nitrogens is 7. The van der Waals surface area contributed by atoms with Gasteiger partial charge in [-0.05, 0) is 117 Å². The Balaban J connectivity index is 1.05. The number of H-pyrrole nitrogens is 1. The molecule has 0 spiro atoms. The smallest absolute Gasteiger partial charge is 0.385 e. The van der Waals surface area contributed by atoms with E-state index in [1.165, 1.54) is 34.6 Å². The molecule has 2 aliphatic carbocycles. The Kier molecular flexibility index (Phi) is 10.6. The minimum absolute atomic E-state index is 0.0000205. The third-order valence-corrected chi connectivity index (χ3v) is 18.1. The van der Waals surface area contributed by atoms with Crippen molar-refractivity contribution in [3.05, 3.63) is 133 Å². The van der Waals surface area contributed by atoms with Gasteiger partial charge in [-0.1, -0.05) is 32.0 Å². The highest BCUT2D eigenvalue weighted by atomic mass is 32.2. The van der Waals surface area contributed by atoms with Gasteiger partial charge < -0.3 is 19.5 Å².